The first-order chi connectivity index (χ1) is 21.1. The predicted molar refractivity (Wildman–Crippen MR) is 150 cm³/mol. The largest absolute Gasteiger partial charge is 0.480 e. The van der Waals surface area contributed by atoms with E-state index < -0.39 is 24.5 Å². The van der Waals surface area contributed by atoms with E-state index in [4.69, 9.17) is 52.5 Å². The zero-order chi connectivity index (χ0) is 31.5. The molecule has 0 rings (SSSR count). The second kappa shape index (κ2) is 34.2. The molecule has 0 aliphatic heterocycles. The molecule has 0 unspecified atom stereocenters. The maximum absolute atomic E-state index is 11.3. The smallest absolute Gasteiger partial charge is 0.330 e. The summed E-state index contributed by atoms with van der Waals surface area (Å²) >= 11 is 0. The summed E-state index contributed by atoms with van der Waals surface area (Å²) < 4.78 is 57.8. The van der Waals surface area contributed by atoms with Gasteiger partial charge in [0.15, 0.2) is 0 Å². The number of carboxylic acids is 1. The summed E-state index contributed by atoms with van der Waals surface area (Å²) in [5.41, 5.74) is 0. The van der Waals surface area contributed by atoms with E-state index in [2.05, 4.69) is 16.6 Å². The highest BCUT2D eigenvalue weighted by molar-refractivity contribution is 5.81. The van der Waals surface area contributed by atoms with E-state index in [-0.39, 0.29) is 13.2 Å². The Kier molecular flexibility index (Phi) is 32.5. The molecular weight excluding hydrogens is 578 g/mol. The first-order valence-electron chi connectivity index (χ1n) is 14.1. The average Bonchev–Trinajstić information content (AvgIpc) is 2.99. The summed E-state index contributed by atoms with van der Waals surface area (Å²) in [5, 5.41) is 10.9. The van der Waals surface area contributed by atoms with Gasteiger partial charge in [0, 0.05) is 12.6 Å². The van der Waals surface area contributed by atoms with Crippen molar-refractivity contribution >= 4 is 17.8 Å². The third-order valence-electron chi connectivity index (χ3n) is 4.64. The Hall–Kier alpha value is -2.25. The molecule has 0 bridgehead atoms. The van der Waals surface area contributed by atoms with Gasteiger partial charge in [0.1, 0.15) is 19.8 Å². The molecule has 0 fully saturated rings. The lowest BCUT2D eigenvalue weighted by molar-refractivity contribution is -0.143. The van der Waals surface area contributed by atoms with Gasteiger partial charge in [-0.15, -0.1) is 0 Å². The van der Waals surface area contributed by atoms with Gasteiger partial charge >= 0.3 is 11.9 Å². The van der Waals surface area contributed by atoms with Gasteiger partial charge in [-0.2, -0.15) is 0 Å². The Balaban J connectivity index is 3.11. The zero-order valence-corrected chi connectivity index (χ0v) is 25.0. The summed E-state index contributed by atoms with van der Waals surface area (Å²) in [5.74, 6) is -2.00. The minimum absolute atomic E-state index is 0.188. The van der Waals surface area contributed by atoms with Gasteiger partial charge in [-0.1, -0.05) is 6.58 Å². The van der Waals surface area contributed by atoms with Crippen LogP contribution in [0.3, 0.4) is 0 Å². The molecule has 0 atom stereocenters. The van der Waals surface area contributed by atoms with Crippen molar-refractivity contribution < 1.29 is 71.6 Å². The Morgan fingerprint density at radius 1 is 0.488 bits per heavy atom. The Morgan fingerprint density at radius 3 is 1.14 bits per heavy atom. The number of amides is 1. The van der Waals surface area contributed by atoms with Crippen LogP contribution in [0.2, 0.25) is 0 Å². The van der Waals surface area contributed by atoms with E-state index in [0.29, 0.717) is 125 Å². The quantitative estimate of drug-likeness (QED) is 0.0499. The van der Waals surface area contributed by atoms with Crippen molar-refractivity contribution in [2.75, 3.05) is 145 Å². The predicted octanol–water partition coefficient (Wildman–Crippen LogP) is -0.918. The number of carboxylic acid groups (broad SMARTS) is 1. The van der Waals surface area contributed by atoms with Crippen molar-refractivity contribution in [2.24, 2.45) is 0 Å². The number of carbonyl (C=O) groups is 3. The van der Waals surface area contributed by atoms with Gasteiger partial charge < -0.3 is 62.5 Å². The van der Waals surface area contributed by atoms with Gasteiger partial charge in [-0.25, -0.2) is 9.59 Å². The molecule has 0 aromatic carbocycles. The SMILES string of the molecule is C=CC(=O)OCCOCCOCCOCCOCCOCCOCCOCCOCCOCCNC(=O)COCC(=O)O. The van der Waals surface area contributed by atoms with Gasteiger partial charge in [0.2, 0.25) is 5.91 Å². The second-order valence-corrected chi connectivity index (χ2v) is 8.12. The Morgan fingerprint density at radius 2 is 0.814 bits per heavy atom. The first kappa shape index (κ1) is 40.8. The van der Waals surface area contributed by atoms with Crippen LogP contribution < -0.4 is 5.32 Å². The van der Waals surface area contributed by atoms with E-state index in [1.807, 2.05) is 0 Å². The lowest BCUT2D eigenvalue weighted by Gasteiger charge is -2.09. The topological polar surface area (TPSA) is 185 Å². The van der Waals surface area contributed by atoms with E-state index in [9.17, 15) is 14.4 Å². The van der Waals surface area contributed by atoms with Crippen LogP contribution in [0.15, 0.2) is 12.7 Å². The molecular formula is C27H49NO15. The first-order valence-corrected chi connectivity index (χ1v) is 14.1. The average molecular weight is 628 g/mol. The third kappa shape index (κ3) is 35.9. The summed E-state index contributed by atoms with van der Waals surface area (Å²) in [6.07, 6.45) is 1.11. The third-order valence-corrected chi connectivity index (χ3v) is 4.64. The number of ether oxygens (including phenoxy) is 11. The maximum Gasteiger partial charge on any atom is 0.330 e. The zero-order valence-electron chi connectivity index (χ0n) is 25.0. The minimum Gasteiger partial charge on any atom is -0.480 e. The van der Waals surface area contributed by atoms with Crippen molar-refractivity contribution in [1.29, 1.82) is 0 Å². The number of carbonyl (C=O) groups excluding carboxylic acids is 2. The Bertz CT molecular complexity index is 668. The molecule has 252 valence electrons. The molecule has 0 heterocycles. The van der Waals surface area contributed by atoms with Crippen molar-refractivity contribution in [3.05, 3.63) is 12.7 Å². The molecule has 0 aliphatic carbocycles. The lowest BCUT2D eigenvalue weighted by Crippen LogP contribution is -2.31. The monoisotopic (exact) mass is 627 g/mol. The van der Waals surface area contributed by atoms with Crippen LogP contribution >= 0.6 is 0 Å². The molecule has 0 spiro atoms. The van der Waals surface area contributed by atoms with Crippen molar-refractivity contribution in [2.45, 2.75) is 0 Å². The van der Waals surface area contributed by atoms with Crippen LogP contribution in [-0.4, -0.2) is 168 Å². The standard InChI is InChI=1S/C27H49NO15/c1-2-27(32)43-22-21-41-20-19-40-18-17-39-16-15-38-14-13-37-12-11-36-10-9-35-8-7-34-6-5-33-4-3-28-25(29)23-42-24-26(30)31/h2H,1,3-24H2,(H,28,29)(H,30,31). The summed E-state index contributed by atoms with van der Waals surface area (Å²) in [6, 6.07) is 0. The molecule has 0 aromatic rings. The minimum atomic E-state index is -1.13. The lowest BCUT2D eigenvalue weighted by atomic mass is 10.6. The fraction of sp³-hybridized carbons (Fsp3) is 0.815. The van der Waals surface area contributed by atoms with Crippen molar-refractivity contribution in [3.8, 4) is 0 Å². The molecule has 1 amide bonds. The van der Waals surface area contributed by atoms with E-state index >= 15 is 0 Å². The normalized spacial score (nSPS) is 11.0. The van der Waals surface area contributed by atoms with Gasteiger partial charge in [-0.3, -0.25) is 4.79 Å². The van der Waals surface area contributed by atoms with E-state index in [0.717, 1.165) is 6.08 Å². The maximum atomic E-state index is 11.3. The van der Waals surface area contributed by atoms with Gasteiger partial charge in [0.25, 0.3) is 0 Å². The number of hydrogen-bond acceptors (Lipinski definition) is 14. The molecule has 0 aliphatic rings. The van der Waals surface area contributed by atoms with Crippen LogP contribution in [0.5, 0.6) is 0 Å². The van der Waals surface area contributed by atoms with Crippen molar-refractivity contribution in [3.63, 3.8) is 0 Å². The van der Waals surface area contributed by atoms with Crippen molar-refractivity contribution in [1.82, 2.24) is 5.32 Å². The molecule has 43 heavy (non-hydrogen) atoms. The highest BCUT2D eigenvalue weighted by Gasteiger charge is 2.03. The second-order valence-electron chi connectivity index (χ2n) is 8.12. The fourth-order valence-electron chi connectivity index (χ4n) is 2.67. The molecule has 0 aromatic heterocycles. The Labute approximate surface area is 253 Å². The van der Waals surface area contributed by atoms with Crippen LogP contribution in [0, 0.1) is 0 Å². The van der Waals surface area contributed by atoms with Crippen LogP contribution in [-0.2, 0) is 66.5 Å². The molecule has 16 nitrogen and oxygen atoms in total. The molecule has 0 saturated carbocycles. The molecule has 0 saturated heterocycles. The highest BCUT2D eigenvalue weighted by atomic mass is 16.6. The number of rotatable bonds is 35. The van der Waals surface area contributed by atoms with Crippen LogP contribution in [0.1, 0.15) is 0 Å². The summed E-state index contributed by atoms with van der Waals surface area (Å²) in [6.45, 7) is 10.7. The van der Waals surface area contributed by atoms with Gasteiger partial charge in [0.05, 0.1) is 119 Å². The number of hydrogen-bond donors (Lipinski definition) is 2. The number of aliphatic carboxylic acids is 1. The summed E-state index contributed by atoms with van der Waals surface area (Å²) in [7, 11) is 0. The highest BCUT2D eigenvalue weighted by Crippen LogP contribution is 1.87. The molecule has 16 heteroatoms. The van der Waals surface area contributed by atoms with E-state index in [1.54, 1.807) is 0 Å². The van der Waals surface area contributed by atoms with E-state index in [1.165, 1.54) is 0 Å². The van der Waals surface area contributed by atoms with Crippen LogP contribution in [0.25, 0.3) is 0 Å². The molecule has 2 N–H and O–H groups in total. The number of nitrogens with one attached hydrogen (secondary N) is 1. The molecule has 0 radical (unpaired) electrons. The fourth-order valence-corrected chi connectivity index (χ4v) is 2.67. The van der Waals surface area contributed by atoms with Gasteiger partial charge in [-0.05, 0) is 0 Å². The number of esters is 1. The summed E-state index contributed by atoms with van der Waals surface area (Å²) in [4.78, 5) is 32.4. The van der Waals surface area contributed by atoms with Crippen LogP contribution in [0.4, 0.5) is 0 Å².